The minimum Gasteiger partial charge on any atom is -0.292 e. The van der Waals surface area contributed by atoms with E-state index in [1.807, 2.05) is 26.0 Å². The average molecular weight is 335 g/mol. The number of hydrogen-bond acceptors (Lipinski definition) is 5. The Morgan fingerprint density at radius 1 is 1.08 bits per heavy atom. The number of benzene rings is 1. The van der Waals surface area contributed by atoms with E-state index in [9.17, 15) is 4.79 Å². The molecule has 0 aliphatic carbocycles. The van der Waals surface area contributed by atoms with E-state index >= 15 is 0 Å². The fraction of sp³-hybridized carbons (Fsp3) is 0.235. The Balaban J connectivity index is 1.82. The minimum atomic E-state index is -0.137. The first-order chi connectivity index (χ1) is 12.0. The minimum absolute atomic E-state index is 0.137. The summed E-state index contributed by atoms with van der Waals surface area (Å²) in [5.74, 6) is 0. The second-order valence-corrected chi connectivity index (χ2v) is 6.17. The molecule has 25 heavy (non-hydrogen) atoms. The van der Waals surface area contributed by atoms with Gasteiger partial charge in [-0.05, 0) is 37.1 Å². The number of rotatable bonds is 3. The van der Waals surface area contributed by atoms with Gasteiger partial charge in [0.2, 0.25) is 0 Å². The summed E-state index contributed by atoms with van der Waals surface area (Å²) in [5, 5.41) is 12.6. The molecule has 8 heteroatoms. The van der Waals surface area contributed by atoms with Crippen LogP contribution in [0.15, 0.2) is 41.7 Å². The van der Waals surface area contributed by atoms with Gasteiger partial charge in [-0.2, -0.15) is 5.10 Å². The highest BCUT2D eigenvalue weighted by Gasteiger charge is 2.13. The summed E-state index contributed by atoms with van der Waals surface area (Å²) >= 11 is 0. The molecule has 0 amide bonds. The maximum atomic E-state index is 12.8. The number of nitrogens with zero attached hydrogens (tertiary/aromatic N) is 7. The van der Waals surface area contributed by atoms with Crippen molar-refractivity contribution in [1.29, 1.82) is 0 Å². The van der Waals surface area contributed by atoms with Gasteiger partial charge in [0.1, 0.15) is 11.7 Å². The number of aromatic nitrogens is 7. The van der Waals surface area contributed by atoms with Crippen LogP contribution in [0, 0.1) is 13.8 Å². The van der Waals surface area contributed by atoms with Gasteiger partial charge in [0, 0.05) is 7.05 Å². The summed E-state index contributed by atoms with van der Waals surface area (Å²) in [7, 11) is 1.79. The maximum Gasteiger partial charge on any atom is 0.264 e. The largest absolute Gasteiger partial charge is 0.292 e. The fourth-order valence-electron chi connectivity index (χ4n) is 2.95. The summed E-state index contributed by atoms with van der Waals surface area (Å²) in [6.45, 7) is 4.43. The highest BCUT2D eigenvalue weighted by molar-refractivity contribution is 5.75. The molecule has 0 fully saturated rings. The highest BCUT2D eigenvalue weighted by atomic mass is 16.1. The predicted octanol–water partition coefficient (Wildman–Crippen LogP) is 1.38. The van der Waals surface area contributed by atoms with Crippen LogP contribution in [0.25, 0.3) is 16.7 Å². The molecule has 0 saturated carbocycles. The molecule has 8 nitrogen and oxygen atoms in total. The normalized spacial score (nSPS) is 11.3. The van der Waals surface area contributed by atoms with Crippen LogP contribution in [0.1, 0.15) is 16.8 Å². The third-order valence-electron chi connectivity index (χ3n) is 4.15. The number of hydrogen-bond donors (Lipinski definition) is 0. The zero-order valence-corrected chi connectivity index (χ0v) is 14.2. The Kier molecular flexibility index (Phi) is 3.45. The van der Waals surface area contributed by atoms with E-state index in [1.54, 1.807) is 35.1 Å². The van der Waals surface area contributed by atoms with Gasteiger partial charge in [-0.3, -0.25) is 14.0 Å². The van der Waals surface area contributed by atoms with E-state index in [2.05, 4.69) is 26.5 Å². The zero-order valence-electron chi connectivity index (χ0n) is 14.2. The van der Waals surface area contributed by atoms with Crippen LogP contribution >= 0.6 is 0 Å². The van der Waals surface area contributed by atoms with Crippen LogP contribution in [-0.2, 0) is 13.6 Å². The lowest BCUT2D eigenvalue weighted by Gasteiger charge is -2.07. The van der Waals surface area contributed by atoms with Gasteiger partial charge < -0.3 is 0 Å². The fourth-order valence-corrected chi connectivity index (χ4v) is 2.95. The van der Waals surface area contributed by atoms with Gasteiger partial charge >= 0.3 is 0 Å². The molecule has 3 heterocycles. The van der Waals surface area contributed by atoms with Crippen LogP contribution in [0.4, 0.5) is 0 Å². The van der Waals surface area contributed by atoms with Gasteiger partial charge in [-0.25, -0.2) is 9.67 Å². The molecule has 126 valence electrons. The summed E-state index contributed by atoms with van der Waals surface area (Å²) < 4.78 is 4.87. The predicted molar refractivity (Wildman–Crippen MR) is 92.7 cm³/mol. The molecule has 0 bridgehead atoms. The molecule has 0 N–H and O–H groups in total. The van der Waals surface area contributed by atoms with Gasteiger partial charge in [-0.15, -0.1) is 5.10 Å². The van der Waals surface area contributed by atoms with Crippen molar-refractivity contribution in [2.75, 3.05) is 0 Å². The van der Waals surface area contributed by atoms with Gasteiger partial charge in [-0.1, -0.05) is 11.3 Å². The van der Waals surface area contributed by atoms with Crippen molar-refractivity contribution in [2.45, 2.75) is 20.4 Å². The molecule has 0 spiro atoms. The van der Waals surface area contributed by atoms with Crippen LogP contribution in [0.3, 0.4) is 0 Å². The lowest BCUT2D eigenvalue weighted by atomic mass is 10.1. The molecule has 0 aliphatic rings. The SMILES string of the molecule is Cc1cc(C)cc(-n2ncc3c(=O)n(Cc4cnnn4C)cnc32)c1. The lowest BCUT2D eigenvalue weighted by Crippen LogP contribution is -2.22. The first-order valence-corrected chi connectivity index (χ1v) is 7.88. The molecule has 0 radical (unpaired) electrons. The third-order valence-corrected chi connectivity index (χ3v) is 4.15. The first-order valence-electron chi connectivity index (χ1n) is 7.88. The Bertz CT molecular complexity index is 1120. The summed E-state index contributed by atoms with van der Waals surface area (Å²) in [4.78, 5) is 17.2. The van der Waals surface area contributed by atoms with E-state index in [0.29, 0.717) is 17.6 Å². The quantitative estimate of drug-likeness (QED) is 0.565. The van der Waals surface area contributed by atoms with Crippen molar-refractivity contribution in [3.05, 3.63) is 64.1 Å². The number of fused-ring (bicyclic) bond motifs is 1. The third kappa shape index (κ3) is 2.61. The van der Waals surface area contributed by atoms with E-state index < -0.39 is 0 Å². The van der Waals surface area contributed by atoms with Crippen molar-refractivity contribution in [3.63, 3.8) is 0 Å². The van der Waals surface area contributed by atoms with Gasteiger partial charge in [0.05, 0.1) is 30.3 Å². The highest BCUT2D eigenvalue weighted by Crippen LogP contribution is 2.17. The second-order valence-electron chi connectivity index (χ2n) is 6.17. The number of aryl methyl sites for hydroxylation is 3. The van der Waals surface area contributed by atoms with Crippen molar-refractivity contribution >= 4 is 11.0 Å². The van der Waals surface area contributed by atoms with E-state index in [-0.39, 0.29) is 5.56 Å². The molecular formula is C17H17N7O. The van der Waals surface area contributed by atoms with Crippen LogP contribution in [0.5, 0.6) is 0 Å². The van der Waals surface area contributed by atoms with E-state index in [1.165, 1.54) is 4.57 Å². The molecule has 0 unspecified atom stereocenters. The zero-order chi connectivity index (χ0) is 17.6. The molecule has 0 saturated heterocycles. The van der Waals surface area contributed by atoms with E-state index in [0.717, 1.165) is 22.5 Å². The molecule has 4 rings (SSSR count). The average Bonchev–Trinajstić information content (AvgIpc) is 3.16. The standard InChI is InChI=1S/C17H17N7O/c1-11-4-12(2)6-13(5-11)24-16-15(8-20-24)17(25)23(10-18-16)9-14-7-19-21-22(14)3/h4-8,10H,9H2,1-3H3. The van der Waals surface area contributed by atoms with Crippen molar-refractivity contribution in [3.8, 4) is 5.69 Å². The van der Waals surface area contributed by atoms with Crippen molar-refractivity contribution in [1.82, 2.24) is 34.3 Å². The summed E-state index contributed by atoms with van der Waals surface area (Å²) in [6, 6.07) is 6.14. The summed E-state index contributed by atoms with van der Waals surface area (Å²) in [5.41, 5.74) is 4.40. The molecule has 0 aliphatic heterocycles. The Hall–Kier alpha value is -3.29. The Morgan fingerprint density at radius 3 is 2.52 bits per heavy atom. The maximum absolute atomic E-state index is 12.8. The monoisotopic (exact) mass is 335 g/mol. The van der Waals surface area contributed by atoms with Crippen molar-refractivity contribution < 1.29 is 0 Å². The van der Waals surface area contributed by atoms with Crippen LogP contribution < -0.4 is 5.56 Å². The second kappa shape index (κ2) is 5.66. The molecule has 1 aromatic carbocycles. The molecule has 0 atom stereocenters. The van der Waals surface area contributed by atoms with E-state index in [4.69, 9.17) is 0 Å². The summed E-state index contributed by atoms with van der Waals surface area (Å²) in [6.07, 6.45) is 4.74. The molecule has 3 aromatic heterocycles. The molecule has 4 aromatic rings. The van der Waals surface area contributed by atoms with Crippen LogP contribution in [-0.4, -0.2) is 34.3 Å². The van der Waals surface area contributed by atoms with Crippen LogP contribution in [0.2, 0.25) is 0 Å². The smallest absolute Gasteiger partial charge is 0.264 e. The lowest BCUT2D eigenvalue weighted by molar-refractivity contribution is 0.635. The van der Waals surface area contributed by atoms with Gasteiger partial charge in [0.25, 0.3) is 5.56 Å². The topological polar surface area (TPSA) is 83.4 Å². The first kappa shape index (κ1) is 15.3. The Morgan fingerprint density at radius 2 is 1.84 bits per heavy atom. The molecular weight excluding hydrogens is 318 g/mol. The Labute approximate surface area is 143 Å². The van der Waals surface area contributed by atoms with Crippen molar-refractivity contribution in [2.24, 2.45) is 7.05 Å². The van der Waals surface area contributed by atoms with Gasteiger partial charge in [0.15, 0.2) is 5.65 Å².